The summed E-state index contributed by atoms with van der Waals surface area (Å²) in [5.41, 5.74) is 8.43. The van der Waals surface area contributed by atoms with Gasteiger partial charge in [-0.25, -0.2) is 4.39 Å². The Morgan fingerprint density at radius 1 is 1.31 bits per heavy atom. The minimum Gasteiger partial charge on any atom is -0.369 e. The maximum Gasteiger partial charge on any atom is 0.233 e. The molecule has 5 N–H and O–H groups in total. The molecule has 6 nitrogen and oxygen atoms in total. The molecule has 0 saturated carbocycles. The zero-order chi connectivity index (χ0) is 18.6. The number of hydrogen-bond donors (Lipinski definition) is 4. The number of carbonyl (C=O) groups is 1. The Morgan fingerprint density at radius 3 is 2.81 bits per heavy atom. The molecule has 0 bridgehead atoms. The summed E-state index contributed by atoms with van der Waals surface area (Å²) >= 11 is 0. The fourth-order valence-corrected chi connectivity index (χ4v) is 5.42. The molecule has 0 saturated heterocycles. The summed E-state index contributed by atoms with van der Waals surface area (Å²) in [5.74, 6) is -0.937. The van der Waals surface area contributed by atoms with Crippen molar-refractivity contribution in [1.82, 2.24) is 9.29 Å². The Morgan fingerprint density at radius 2 is 2.08 bits per heavy atom. The molecule has 0 spiro atoms. The van der Waals surface area contributed by atoms with E-state index in [4.69, 9.17) is 5.73 Å². The van der Waals surface area contributed by atoms with Crippen molar-refractivity contribution in [3.63, 3.8) is 0 Å². The van der Waals surface area contributed by atoms with Crippen molar-refractivity contribution in [1.29, 1.82) is 0 Å². The molecule has 1 aliphatic heterocycles. The Balaban J connectivity index is 1.81. The predicted molar refractivity (Wildman–Crippen MR) is 99.1 cm³/mol. The number of amides is 1. The van der Waals surface area contributed by atoms with Gasteiger partial charge in [-0.05, 0) is 48.4 Å². The molecule has 3 aromatic rings. The lowest BCUT2D eigenvalue weighted by atomic mass is 9.99. The number of fused-ring (bicyclic) bond motifs is 2. The molecule has 1 amide bonds. The van der Waals surface area contributed by atoms with Crippen LogP contribution in [-0.2, 0) is 4.79 Å². The number of benzene rings is 2. The van der Waals surface area contributed by atoms with Gasteiger partial charge in [-0.3, -0.25) is 13.9 Å². The van der Waals surface area contributed by atoms with Crippen molar-refractivity contribution in [2.45, 2.75) is 17.9 Å². The topological polar surface area (TPSA) is 103 Å². The van der Waals surface area contributed by atoms with Gasteiger partial charge >= 0.3 is 0 Å². The molecule has 2 heterocycles. The third-order valence-electron chi connectivity index (χ3n) is 4.78. The highest BCUT2D eigenvalue weighted by atomic mass is 32.3. The number of rotatable bonds is 3. The van der Waals surface area contributed by atoms with E-state index in [1.807, 2.05) is 6.07 Å². The fraction of sp³-hybridized carbons (Fsp3) is 0.167. The van der Waals surface area contributed by atoms with Crippen LogP contribution < -0.4 is 5.73 Å². The van der Waals surface area contributed by atoms with Gasteiger partial charge in [0.05, 0.1) is 17.5 Å². The smallest absolute Gasteiger partial charge is 0.233 e. The fourth-order valence-electron chi connectivity index (χ4n) is 3.51. The highest BCUT2D eigenvalue weighted by molar-refractivity contribution is 8.22. The summed E-state index contributed by atoms with van der Waals surface area (Å²) in [5, 5.41) is 0.873. The molecular weight excluding hydrogens is 357 g/mol. The number of hydrogen-bond acceptors (Lipinski definition) is 4. The van der Waals surface area contributed by atoms with E-state index in [-0.39, 0.29) is 18.4 Å². The van der Waals surface area contributed by atoms with Crippen molar-refractivity contribution in [3.8, 4) is 11.1 Å². The highest BCUT2D eigenvalue weighted by Crippen LogP contribution is 2.63. The first-order valence-electron chi connectivity index (χ1n) is 8.03. The molecular formula is C18H18FN3O3S. The van der Waals surface area contributed by atoms with E-state index in [0.717, 1.165) is 22.1 Å². The van der Waals surface area contributed by atoms with Gasteiger partial charge in [0, 0.05) is 22.7 Å². The Kier molecular flexibility index (Phi) is 3.81. The third-order valence-corrected chi connectivity index (χ3v) is 6.84. The molecule has 0 radical (unpaired) electrons. The number of aromatic nitrogens is 1. The molecule has 0 aliphatic carbocycles. The summed E-state index contributed by atoms with van der Waals surface area (Å²) in [6.45, 7) is 1.57. The highest BCUT2D eigenvalue weighted by Gasteiger charge is 2.41. The zero-order valence-corrected chi connectivity index (χ0v) is 14.8. The van der Waals surface area contributed by atoms with Crippen LogP contribution >= 0.6 is 10.8 Å². The first-order chi connectivity index (χ1) is 12.3. The van der Waals surface area contributed by atoms with E-state index in [2.05, 4.69) is 4.98 Å². The molecule has 26 heavy (non-hydrogen) atoms. The second kappa shape index (κ2) is 5.82. The van der Waals surface area contributed by atoms with Crippen LogP contribution in [0.4, 0.5) is 4.39 Å². The van der Waals surface area contributed by atoms with Crippen LogP contribution in [0.5, 0.6) is 0 Å². The van der Waals surface area contributed by atoms with E-state index < -0.39 is 16.7 Å². The summed E-state index contributed by atoms with van der Waals surface area (Å²) in [4.78, 5) is 14.8. The van der Waals surface area contributed by atoms with Gasteiger partial charge in [-0.2, -0.15) is 4.31 Å². The van der Waals surface area contributed by atoms with Crippen LogP contribution in [0.2, 0.25) is 0 Å². The average molecular weight is 375 g/mol. The van der Waals surface area contributed by atoms with Crippen LogP contribution in [0, 0.1) is 5.82 Å². The van der Waals surface area contributed by atoms with Crippen LogP contribution in [0.25, 0.3) is 22.0 Å². The minimum absolute atomic E-state index is 0.236. The van der Waals surface area contributed by atoms with Gasteiger partial charge in [-0.1, -0.05) is 6.07 Å². The molecule has 1 atom stereocenters. The lowest BCUT2D eigenvalue weighted by molar-refractivity contribution is -0.118. The maximum atomic E-state index is 13.4. The SMILES string of the molecule is CC1c2cc(-c3c[nH]c4cc(F)ccc34)ccc2S(O)(O)N1CC(N)=O. The van der Waals surface area contributed by atoms with E-state index >= 15 is 0 Å². The number of nitrogens with one attached hydrogen (secondary N) is 1. The van der Waals surface area contributed by atoms with E-state index in [1.165, 1.54) is 16.4 Å². The number of nitrogens with zero attached hydrogens (tertiary/aromatic N) is 1. The molecule has 1 aliphatic rings. The van der Waals surface area contributed by atoms with Crippen molar-refractivity contribution in [2.75, 3.05) is 6.54 Å². The van der Waals surface area contributed by atoms with Crippen LogP contribution in [0.1, 0.15) is 18.5 Å². The van der Waals surface area contributed by atoms with Gasteiger partial charge in [0.1, 0.15) is 5.82 Å². The van der Waals surface area contributed by atoms with Gasteiger partial charge in [0.15, 0.2) is 0 Å². The Bertz CT molecular complexity index is 1030. The lowest BCUT2D eigenvalue weighted by Crippen LogP contribution is -2.33. The van der Waals surface area contributed by atoms with Crippen molar-refractivity contribution in [2.24, 2.45) is 5.73 Å². The number of aromatic amines is 1. The zero-order valence-electron chi connectivity index (χ0n) is 13.9. The number of nitrogens with two attached hydrogens (primary N) is 1. The Labute approximate surface area is 150 Å². The van der Waals surface area contributed by atoms with E-state index in [9.17, 15) is 18.3 Å². The van der Waals surface area contributed by atoms with Gasteiger partial charge < -0.3 is 10.7 Å². The lowest BCUT2D eigenvalue weighted by Gasteiger charge is -2.38. The maximum absolute atomic E-state index is 13.4. The van der Waals surface area contributed by atoms with Crippen LogP contribution in [-0.4, -0.2) is 30.8 Å². The molecule has 8 heteroatoms. The first-order valence-corrected chi connectivity index (χ1v) is 9.53. The minimum atomic E-state index is -3.25. The summed E-state index contributed by atoms with van der Waals surface area (Å²) < 4.78 is 35.8. The quantitative estimate of drug-likeness (QED) is 0.558. The van der Waals surface area contributed by atoms with Crippen molar-refractivity contribution < 1.29 is 18.3 Å². The third kappa shape index (κ3) is 2.50. The monoisotopic (exact) mass is 375 g/mol. The second-order valence-electron chi connectivity index (χ2n) is 6.38. The summed E-state index contributed by atoms with van der Waals surface area (Å²) in [7, 11) is -3.25. The van der Waals surface area contributed by atoms with Gasteiger partial charge in [0.25, 0.3) is 0 Å². The number of carbonyl (C=O) groups excluding carboxylic acids is 1. The average Bonchev–Trinajstić information content (AvgIpc) is 3.07. The number of primary amides is 1. The van der Waals surface area contributed by atoms with Crippen LogP contribution in [0.15, 0.2) is 47.5 Å². The molecule has 1 aromatic heterocycles. The van der Waals surface area contributed by atoms with E-state index in [1.54, 1.807) is 31.3 Å². The predicted octanol–water partition coefficient (Wildman–Crippen LogP) is 3.86. The number of H-pyrrole nitrogens is 1. The largest absolute Gasteiger partial charge is 0.369 e. The normalized spacial score (nSPS) is 20.2. The first kappa shape index (κ1) is 17.0. The Hall–Kier alpha value is -2.39. The van der Waals surface area contributed by atoms with Crippen molar-refractivity contribution in [3.05, 3.63) is 54.0 Å². The molecule has 4 rings (SSSR count). The number of halogens is 1. The van der Waals surface area contributed by atoms with Gasteiger partial charge in [-0.15, -0.1) is 10.8 Å². The molecule has 0 fully saturated rings. The van der Waals surface area contributed by atoms with Crippen LogP contribution in [0.3, 0.4) is 0 Å². The molecule has 136 valence electrons. The summed E-state index contributed by atoms with van der Waals surface area (Å²) in [6.07, 6.45) is 1.80. The molecule has 2 aromatic carbocycles. The summed E-state index contributed by atoms with van der Waals surface area (Å²) in [6, 6.07) is 9.51. The van der Waals surface area contributed by atoms with Gasteiger partial charge in [0.2, 0.25) is 5.91 Å². The standard InChI is InChI=1S/C18H18FN3O3S/c1-10-14-6-11(15-8-21-16-7-12(19)3-4-13(15)16)2-5-17(14)26(24,25)22(10)9-18(20)23/h2-8,10,21,24-25H,9H2,1H3,(H2,20,23). The molecule has 1 unspecified atom stereocenters. The van der Waals surface area contributed by atoms with E-state index in [0.29, 0.717) is 10.4 Å². The second-order valence-corrected chi connectivity index (χ2v) is 8.33. The van der Waals surface area contributed by atoms with Crippen molar-refractivity contribution >= 4 is 27.6 Å².